The molecule has 0 atom stereocenters. The van der Waals surface area contributed by atoms with E-state index in [4.69, 9.17) is 0 Å². The number of H-pyrrole nitrogens is 1. The summed E-state index contributed by atoms with van der Waals surface area (Å²) in [6.07, 6.45) is 1.69. The molecule has 1 aromatic carbocycles. The van der Waals surface area contributed by atoms with Crippen molar-refractivity contribution in [1.29, 1.82) is 0 Å². The lowest BCUT2D eigenvalue weighted by Gasteiger charge is -2.10. The van der Waals surface area contributed by atoms with Gasteiger partial charge in [0.15, 0.2) is 0 Å². The molecule has 0 saturated heterocycles. The number of rotatable bonds is 3. The summed E-state index contributed by atoms with van der Waals surface area (Å²) in [5.74, 6) is 0. The highest BCUT2D eigenvalue weighted by Gasteiger charge is 2.10. The molecular weight excluding hydrogens is 212 g/mol. The van der Waals surface area contributed by atoms with Crippen LogP contribution in [0, 0.1) is 0 Å². The van der Waals surface area contributed by atoms with Crippen LogP contribution in [0.5, 0.6) is 0 Å². The van der Waals surface area contributed by atoms with Gasteiger partial charge >= 0.3 is 5.69 Å². The van der Waals surface area contributed by atoms with Crippen molar-refractivity contribution in [2.45, 2.75) is 26.7 Å². The molecule has 3 heteroatoms. The van der Waals surface area contributed by atoms with Gasteiger partial charge in [-0.3, -0.25) is 0 Å². The molecule has 3 nitrogen and oxygen atoms in total. The van der Waals surface area contributed by atoms with Gasteiger partial charge in [0.2, 0.25) is 0 Å². The van der Waals surface area contributed by atoms with E-state index in [1.807, 2.05) is 37.3 Å². The average molecular weight is 228 g/mol. The Labute approximate surface area is 101 Å². The predicted molar refractivity (Wildman–Crippen MR) is 69.0 cm³/mol. The highest BCUT2D eigenvalue weighted by atomic mass is 16.1. The van der Waals surface area contributed by atoms with Crippen LogP contribution in [0.15, 0.2) is 35.1 Å². The maximum atomic E-state index is 11.5. The van der Waals surface area contributed by atoms with Crippen LogP contribution >= 0.6 is 0 Å². The van der Waals surface area contributed by atoms with Crippen molar-refractivity contribution in [3.63, 3.8) is 0 Å². The first-order chi connectivity index (χ1) is 8.26. The number of aromatic amines is 1. The predicted octanol–water partition coefficient (Wildman–Crippen LogP) is 2.56. The largest absolute Gasteiger partial charge is 0.345 e. The second-order valence-corrected chi connectivity index (χ2v) is 3.92. The Morgan fingerprint density at radius 1 is 1.12 bits per heavy atom. The zero-order chi connectivity index (χ0) is 12.3. The van der Waals surface area contributed by atoms with Crippen molar-refractivity contribution in [3.8, 4) is 11.3 Å². The van der Waals surface area contributed by atoms with Crippen molar-refractivity contribution in [3.05, 3.63) is 52.1 Å². The van der Waals surface area contributed by atoms with E-state index in [-0.39, 0.29) is 5.69 Å². The zero-order valence-corrected chi connectivity index (χ0v) is 10.2. The fourth-order valence-corrected chi connectivity index (χ4v) is 2.06. The SMILES string of the molecule is CCc1[nH]c(=O)nc(-c2ccccc2)c1CC. The summed E-state index contributed by atoms with van der Waals surface area (Å²) >= 11 is 0. The normalized spacial score (nSPS) is 10.5. The number of hydrogen-bond donors (Lipinski definition) is 1. The van der Waals surface area contributed by atoms with Crippen LogP contribution < -0.4 is 5.69 Å². The van der Waals surface area contributed by atoms with Gasteiger partial charge in [-0.2, -0.15) is 4.98 Å². The standard InChI is InChI=1S/C14H16N2O/c1-3-11-12(4-2)15-14(17)16-13(11)10-8-6-5-7-9-10/h5-9H,3-4H2,1-2H3,(H,15,16,17). The molecular formula is C14H16N2O. The van der Waals surface area contributed by atoms with Crippen LogP contribution in [0.25, 0.3) is 11.3 Å². The number of benzene rings is 1. The molecule has 2 aromatic rings. The van der Waals surface area contributed by atoms with Gasteiger partial charge < -0.3 is 4.98 Å². The van der Waals surface area contributed by atoms with Crippen molar-refractivity contribution in [2.75, 3.05) is 0 Å². The number of nitrogens with one attached hydrogen (secondary N) is 1. The monoisotopic (exact) mass is 228 g/mol. The van der Waals surface area contributed by atoms with Crippen LogP contribution in [0.2, 0.25) is 0 Å². The molecule has 88 valence electrons. The summed E-state index contributed by atoms with van der Waals surface area (Å²) in [6, 6.07) is 9.86. The van der Waals surface area contributed by atoms with Crippen molar-refractivity contribution < 1.29 is 0 Å². The van der Waals surface area contributed by atoms with E-state index in [1.54, 1.807) is 0 Å². The van der Waals surface area contributed by atoms with Gasteiger partial charge in [0.05, 0.1) is 5.69 Å². The van der Waals surface area contributed by atoms with Gasteiger partial charge in [-0.25, -0.2) is 4.79 Å². The Bertz CT molecular complexity index is 558. The molecule has 1 N–H and O–H groups in total. The van der Waals surface area contributed by atoms with E-state index >= 15 is 0 Å². The highest BCUT2D eigenvalue weighted by molar-refractivity contribution is 5.63. The Morgan fingerprint density at radius 3 is 2.41 bits per heavy atom. The fraction of sp³-hybridized carbons (Fsp3) is 0.286. The first kappa shape index (κ1) is 11.6. The van der Waals surface area contributed by atoms with E-state index in [2.05, 4.69) is 16.9 Å². The lowest BCUT2D eigenvalue weighted by atomic mass is 10.0. The molecule has 0 bridgehead atoms. The summed E-state index contributed by atoms with van der Waals surface area (Å²) in [5, 5.41) is 0. The quantitative estimate of drug-likeness (QED) is 0.877. The topological polar surface area (TPSA) is 45.8 Å². The Hall–Kier alpha value is -1.90. The molecule has 0 saturated carbocycles. The Kier molecular flexibility index (Phi) is 3.38. The third kappa shape index (κ3) is 2.28. The number of nitrogens with zero attached hydrogens (tertiary/aromatic N) is 1. The minimum absolute atomic E-state index is 0.266. The maximum absolute atomic E-state index is 11.5. The van der Waals surface area contributed by atoms with Crippen LogP contribution in [-0.4, -0.2) is 9.97 Å². The van der Waals surface area contributed by atoms with Gasteiger partial charge in [0.25, 0.3) is 0 Å². The lowest BCUT2D eigenvalue weighted by Crippen LogP contribution is -2.16. The Morgan fingerprint density at radius 2 is 1.82 bits per heavy atom. The number of aryl methyl sites for hydroxylation is 1. The van der Waals surface area contributed by atoms with Crippen LogP contribution in [0.1, 0.15) is 25.1 Å². The van der Waals surface area contributed by atoms with Gasteiger partial charge in [-0.15, -0.1) is 0 Å². The number of aromatic nitrogens is 2. The van der Waals surface area contributed by atoms with Crippen molar-refractivity contribution in [1.82, 2.24) is 9.97 Å². The average Bonchev–Trinajstić information content (AvgIpc) is 2.38. The molecule has 0 aliphatic carbocycles. The van der Waals surface area contributed by atoms with Crippen LogP contribution in [-0.2, 0) is 12.8 Å². The molecule has 0 aliphatic heterocycles. The minimum atomic E-state index is -0.266. The van der Waals surface area contributed by atoms with Crippen LogP contribution in [0.3, 0.4) is 0 Å². The minimum Gasteiger partial charge on any atom is -0.310 e. The summed E-state index contributed by atoms with van der Waals surface area (Å²) < 4.78 is 0. The summed E-state index contributed by atoms with van der Waals surface area (Å²) in [5.41, 5.74) is 3.68. The molecule has 0 unspecified atom stereocenters. The molecule has 17 heavy (non-hydrogen) atoms. The molecule has 1 heterocycles. The molecule has 0 radical (unpaired) electrons. The van der Waals surface area contributed by atoms with Crippen LogP contribution in [0.4, 0.5) is 0 Å². The summed E-state index contributed by atoms with van der Waals surface area (Å²) in [6.45, 7) is 4.13. The molecule has 0 fully saturated rings. The number of hydrogen-bond acceptors (Lipinski definition) is 2. The van der Waals surface area contributed by atoms with E-state index < -0.39 is 0 Å². The van der Waals surface area contributed by atoms with E-state index in [9.17, 15) is 4.79 Å². The van der Waals surface area contributed by atoms with E-state index in [1.165, 1.54) is 0 Å². The third-order valence-electron chi connectivity index (χ3n) is 2.88. The second kappa shape index (κ2) is 4.95. The van der Waals surface area contributed by atoms with E-state index in [0.717, 1.165) is 35.4 Å². The first-order valence-corrected chi connectivity index (χ1v) is 5.93. The van der Waals surface area contributed by atoms with E-state index in [0.29, 0.717) is 0 Å². The molecule has 1 aromatic heterocycles. The van der Waals surface area contributed by atoms with Gasteiger partial charge in [0, 0.05) is 11.3 Å². The molecule has 2 rings (SSSR count). The Balaban J connectivity index is 2.68. The smallest absolute Gasteiger partial charge is 0.310 e. The third-order valence-corrected chi connectivity index (χ3v) is 2.88. The second-order valence-electron chi connectivity index (χ2n) is 3.92. The maximum Gasteiger partial charge on any atom is 0.345 e. The van der Waals surface area contributed by atoms with Crippen molar-refractivity contribution in [2.24, 2.45) is 0 Å². The fourth-order valence-electron chi connectivity index (χ4n) is 2.06. The van der Waals surface area contributed by atoms with Gasteiger partial charge in [-0.1, -0.05) is 44.2 Å². The molecule has 0 aliphatic rings. The van der Waals surface area contributed by atoms with Gasteiger partial charge in [0.1, 0.15) is 0 Å². The lowest BCUT2D eigenvalue weighted by molar-refractivity contribution is 0.905. The highest BCUT2D eigenvalue weighted by Crippen LogP contribution is 2.22. The molecule has 0 spiro atoms. The van der Waals surface area contributed by atoms with Crippen molar-refractivity contribution >= 4 is 0 Å². The van der Waals surface area contributed by atoms with Gasteiger partial charge in [-0.05, 0) is 18.4 Å². The zero-order valence-electron chi connectivity index (χ0n) is 10.2. The summed E-state index contributed by atoms with van der Waals surface area (Å²) in [7, 11) is 0. The molecule has 0 amide bonds. The summed E-state index contributed by atoms with van der Waals surface area (Å²) in [4.78, 5) is 18.5. The first-order valence-electron chi connectivity index (χ1n) is 5.93.